The van der Waals surface area contributed by atoms with Gasteiger partial charge in [-0.15, -0.1) is 0 Å². The predicted octanol–water partition coefficient (Wildman–Crippen LogP) is 8.13. The van der Waals surface area contributed by atoms with Crippen molar-refractivity contribution in [1.29, 1.82) is 0 Å². The van der Waals surface area contributed by atoms with E-state index in [4.69, 9.17) is 39.4 Å². The molecule has 0 fully saturated rings. The maximum atomic E-state index is 12.1. The number of carbonyl (C=O) groups is 1. The first-order valence-electron chi connectivity index (χ1n) is 16.7. The molecule has 5 heterocycles. The third-order valence-corrected chi connectivity index (χ3v) is 8.15. The molecule has 0 saturated heterocycles. The van der Waals surface area contributed by atoms with Crippen molar-refractivity contribution in [3.8, 4) is 0 Å². The van der Waals surface area contributed by atoms with Crippen LogP contribution in [-0.2, 0) is 25.1 Å². The summed E-state index contributed by atoms with van der Waals surface area (Å²) in [5, 5.41) is 0. The predicted molar refractivity (Wildman–Crippen MR) is 195 cm³/mol. The standard InChI is InChI=1S/C38H50N8O3/c1-20(2)34(47)49-16-15-48-28-27(38(12,13)14)32-44-26-18-22(36(6,7)8)30(42-26)40-24-17-21(35(3,4)5)29(39-24)41-25-19-23(37(9,10)11)31(43-25)45-33(28)46-32/h17-19H,1,15-16H2,2-14H3,(H2,39,40,41,42,43,44,45,46). The van der Waals surface area contributed by atoms with E-state index in [2.05, 4.69) is 99.6 Å². The Morgan fingerprint density at radius 2 is 1.22 bits per heavy atom. The molecule has 0 radical (unpaired) electrons. The molecule has 0 aromatic carbocycles. The first kappa shape index (κ1) is 35.6. The quantitative estimate of drug-likeness (QED) is 0.157. The Morgan fingerprint density at radius 3 is 1.73 bits per heavy atom. The van der Waals surface area contributed by atoms with Gasteiger partial charge < -0.3 is 19.4 Å². The maximum absolute atomic E-state index is 12.1. The first-order chi connectivity index (χ1) is 22.5. The average Bonchev–Trinajstić information content (AvgIpc) is 3.70. The third kappa shape index (κ3) is 7.66. The number of carbonyl (C=O) groups excluding carboxylic acids is 1. The van der Waals surface area contributed by atoms with E-state index >= 15 is 0 Å². The Kier molecular flexibility index (Phi) is 8.97. The lowest BCUT2D eigenvalue weighted by atomic mass is 9.85. The summed E-state index contributed by atoms with van der Waals surface area (Å²) in [6.45, 7) is 30.9. The van der Waals surface area contributed by atoms with Gasteiger partial charge in [-0.2, -0.15) is 0 Å². The van der Waals surface area contributed by atoms with Crippen LogP contribution in [0.5, 0.6) is 0 Å². The van der Waals surface area contributed by atoms with E-state index in [0.29, 0.717) is 57.2 Å². The Hall–Kier alpha value is -4.67. The molecule has 11 nitrogen and oxygen atoms in total. The second kappa shape index (κ2) is 12.3. The Morgan fingerprint density at radius 1 is 0.673 bits per heavy atom. The second-order valence-electron chi connectivity index (χ2n) is 16.9. The Bertz CT molecular complexity index is 2050. The van der Waals surface area contributed by atoms with Gasteiger partial charge in [0.1, 0.15) is 35.8 Å². The van der Waals surface area contributed by atoms with Crippen LogP contribution in [0.3, 0.4) is 0 Å². The molecule has 0 atom stereocenters. The molecule has 260 valence electrons. The van der Waals surface area contributed by atoms with Crippen molar-refractivity contribution in [1.82, 2.24) is 39.9 Å². The lowest BCUT2D eigenvalue weighted by molar-refractivity contribution is -0.139. The largest absolute Gasteiger partial charge is 0.486 e. The van der Waals surface area contributed by atoms with Crippen LogP contribution in [0.1, 0.15) is 124 Å². The number of H-pyrrole nitrogens is 2. The fourth-order valence-electron chi connectivity index (χ4n) is 5.63. The van der Waals surface area contributed by atoms with E-state index in [9.17, 15) is 4.79 Å². The molecule has 8 bridgehead atoms. The van der Waals surface area contributed by atoms with Gasteiger partial charge in [-0.25, -0.2) is 34.7 Å². The van der Waals surface area contributed by atoms with Crippen molar-refractivity contribution in [2.24, 2.45) is 10.8 Å². The van der Waals surface area contributed by atoms with E-state index in [-0.39, 0.29) is 29.5 Å². The SMILES string of the molecule is C=C(C)C(=O)OCCOC1=C(C(C)(C)C)c2nc1nc1[nH]c(cc1C(C)(C)C)nc1nc(nc3[nH]c(cc3C(C)(C)C)n2)C=C1C(C)(C)C. The maximum Gasteiger partial charge on any atom is 0.333 e. The fourth-order valence-corrected chi connectivity index (χ4v) is 5.63. The number of aromatic amines is 2. The van der Waals surface area contributed by atoms with Crippen molar-refractivity contribution in [2.45, 2.75) is 101 Å². The van der Waals surface area contributed by atoms with Crippen LogP contribution in [0.2, 0.25) is 0 Å². The zero-order valence-corrected chi connectivity index (χ0v) is 31.3. The molecule has 49 heavy (non-hydrogen) atoms. The topological polar surface area (TPSA) is 144 Å². The molecule has 0 saturated carbocycles. The molecule has 2 aliphatic heterocycles. The molecular weight excluding hydrogens is 616 g/mol. The van der Waals surface area contributed by atoms with Crippen LogP contribution in [0.15, 0.2) is 24.3 Å². The van der Waals surface area contributed by atoms with E-state index in [1.807, 2.05) is 18.2 Å². The molecule has 0 unspecified atom stereocenters. The first-order valence-corrected chi connectivity index (χ1v) is 16.7. The van der Waals surface area contributed by atoms with Gasteiger partial charge in [-0.3, -0.25) is 0 Å². The summed E-state index contributed by atoms with van der Waals surface area (Å²) in [4.78, 5) is 49.1. The number of allylic oxidation sites excluding steroid dienone is 2. The van der Waals surface area contributed by atoms with Crippen molar-refractivity contribution in [2.75, 3.05) is 13.2 Å². The highest BCUT2D eigenvalue weighted by Gasteiger charge is 2.34. The van der Waals surface area contributed by atoms with Gasteiger partial charge in [0.15, 0.2) is 29.1 Å². The van der Waals surface area contributed by atoms with Crippen molar-refractivity contribution in [3.63, 3.8) is 0 Å². The summed E-state index contributed by atoms with van der Waals surface area (Å²) in [6, 6.07) is 4.03. The average molecular weight is 667 g/mol. The highest BCUT2D eigenvalue weighted by atomic mass is 16.6. The number of rotatable bonds is 5. The van der Waals surface area contributed by atoms with Gasteiger partial charge in [0.25, 0.3) is 0 Å². The summed E-state index contributed by atoms with van der Waals surface area (Å²) in [5.74, 6) is 1.99. The van der Waals surface area contributed by atoms with E-state index in [1.54, 1.807) is 6.92 Å². The minimum atomic E-state index is -0.473. The number of nitrogens with one attached hydrogen (secondary N) is 2. The molecule has 2 N–H and O–H groups in total. The molecule has 0 aliphatic carbocycles. The van der Waals surface area contributed by atoms with Gasteiger partial charge >= 0.3 is 5.97 Å². The number of esters is 1. The highest BCUT2D eigenvalue weighted by molar-refractivity contribution is 5.90. The zero-order valence-electron chi connectivity index (χ0n) is 31.3. The van der Waals surface area contributed by atoms with E-state index in [1.165, 1.54) is 0 Å². The number of fused-ring (bicyclic) bond motifs is 8. The number of nitrogens with zero attached hydrogens (tertiary/aromatic N) is 6. The summed E-state index contributed by atoms with van der Waals surface area (Å²) in [5.41, 5.74) is 5.30. The number of hydrogen-bond acceptors (Lipinski definition) is 9. The van der Waals surface area contributed by atoms with Crippen LogP contribution >= 0.6 is 0 Å². The van der Waals surface area contributed by atoms with Crippen molar-refractivity contribution >= 4 is 51.5 Å². The fraction of sp³-hybridized carbons (Fsp3) is 0.500. The highest BCUT2D eigenvalue weighted by Crippen LogP contribution is 2.42. The molecular formula is C38H50N8O3. The lowest BCUT2D eigenvalue weighted by Gasteiger charge is -2.21. The Balaban J connectivity index is 1.88. The molecule has 3 aromatic heterocycles. The van der Waals surface area contributed by atoms with Gasteiger partial charge in [-0.1, -0.05) is 89.7 Å². The molecule has 11 heteroatoms. The monoisotopic (exact) mass is 666 g/mol. The summed E-state index contributed by atoms with van der Waals surface area (Å²) >= 11 is 0. The van der Waals surface area contributed by atoms with Crippen LogP contribution in [0, 0.1) is 10.8 Å². The normalized spacial score (nSPS) is 14.2. The Labute approximate surface area is 288 Å². The molecule has 3 aromatic rings. The van der Waals surface area contributed by atoms with Gasteiger partial charge in [0.05, 0.1) is 0 Å². The zero-order chi connectivity index (χ0) is 36.3. The van der Waals surface area contributed by atoms with Gasteiger partial charge in [0, 0.05) is 27.8 Å². The molecule has 2 aliphatic rings. The third-order valence-electron chi connectivity index (χ3n) is 8.15. The minimum Gasteiger partial charge on any atom is -0.486 e. The summed E-state index contributed by atoms with van der Waals surface area (Å²) < 4.78 is 11.7. The van der Waals surface area contributed by atoms with E-state index < -0.39 is 11.4 Å². The van der Waals surface area contributed by atoms with Crippen LogP contribution in [0.4, 0.5) is 0 Å². The summed E-state index contributed by atoms with van der Waals surface area (Å²) in [7, 11) is 0. The van der Waals surface area contributed by atoms with Crippen LogP contribution in [0.25, 0.3) is 45.6 Å². The van der Waals surface area contributed by atoms with Crippen LogP contribution < -0.4 is 0 Å². The summed E-state index contributed by atoms with van der Waals surface area (Å²) in [6.07, 6.45) is 2.01. The number of hydrogen-bond donors (Lipinski definition) is 2. The second-order valence-corrected chi connectivity index (χ2v) is 16.9. The van der Waals surface area contributed by atoms with Crippen molar-refractivity contribution in [3.05, 3.63) is 58.7 Å². The van der Waals surface area contributed by atoms with Crippen molar-refractivity contribution < 1.29 is 14.3 Å². The number of ether oxygens (including phenoxy) is 2. The van der Waals surface area contributed by atoms with Gasteiger partial charge in [-0.05, 0) is 46.8 Å². The molecule has 0 amide bonds. The minimum absolute atomic E-state index is 0.0339. The van der Waals surface area contributed by atoms with E-state index in [0.717, 1.165) is 22.3 Å². The lowest BCUT2D eigenvalue weighted by Crippen LogP contribution is -2.14. The van der Waals surface area contributed by atoms with Gasteiger partial charge in [0.2, 0.25) is 0 Å². The molecule has 0 spiro atoms. The molecule has 5 rings (SSSR count). The van der Waals surface area contributed by atoms with Crippen LogP contribution in [-0.4, -0.2) is 59.1 Å². The number of aromatic nitrogens is 8. The smallest absolute Gasteiger partial charge is 0.333 e.